The van der Waals surface area contributed by atoms with Crippen LogP contribution in [0.5, 0.6) is 5.75 Å². The van der Waals surface area contributed by atoms with E-state index >= 15 is 0 Å². The number of rotatable bonds is 3. The molecule has 0 aliphatic heterocycles. The number of carbonyl (C=O) groups excluding carboxylic acids is 1. The van der Waals surface area contributed by atoms with Gasteiger partial charge in [-0.05, 0) is 73.5 Å². The summed E-state index contributed by atoms with van der Waals surface area (Å²) >= 11 is 0. The molecule has 0 saturated heterocycles. The van der Waals surface area contributed by atoms with E-state index in [0.717, 1.165) is 49.7 Å². The lowest BCUT2D eigenvalue weighted by atomic mass is 9.55. The largest absolute Gasteiger partial charge is 0.419 e. The second-order valence-corrected chi connectivity index (χ2v) is 8.50. The second-order valence-electron chi connectivity index (χ2n) is 8.50. The van der Waals surface area contributed by atoms with Crippen LogP contribution >= 0.6 is 0 Å². The zero-order valence-electron chi connectivity index (χ0n) is 16.6. The number of nitro benzene ring substituents is 1. The number of nitro groups is 1. The summed E-state index contributed by atoms with van der Waals surface area (Å²) in [4.78, 5) is 27.6. The maximum absolute atomic E-state index is 11.6. The van der Waals surface area contributed by atoms with Gasteiger partial charge in [-0.2, -0.15) is 0 Å². The summed E-state index contributed by atoms with van der Waals surface area (Å²) in [5, 5.41) is 15.9. The van der Waals surface area contributed by atoms with Crippen LogP contribution in [0.15, 0.2) is 17.3 Å². The monoisotopic (exact) mass is 386 g/mol. The van der Waals surface area contributed by atoms with E-state index in [1.54, 1.807) is 19.2 Å². The molecule has 2 saturated carbocycles. The number of esters is 1. The number of aryl methyl sites for hydroxylation is 1. The number of carbonyl (C=O) groups is 1. The predicted octanol–water partition coefficient (Wildman–Crippen LogP) is 4.38. The van der Waals surface area contributed by atoms with Crippen molar-refractivity contribution in [3.05, 3.63) is 33.4 Å². The van der Waals surface area contributed by atoms with Crippen LogP contribution < -0.4 is 4.74 Å². The Balaban J connectivity index is 1.71. The summed E-state index contributed by atoms with van der Waals surface area (Å²) < 4.78 is 5.12. The van der Waals surface area contributed by atoms with Gasteiger partial charge in [0.25, 0.3) is 0 Å². The molecular weight excluding hydrogens is 360 g/mol. The van der Waals surface area contributed by atoms with Crippen molar-refractivity contribution in [1.29, 1.82) is 0 Å². The van der Waals surface area contributed by atoms with Crippen LogP contribution in [-0.2, 0) is 16.1 Å². The number of fused-ring (bicyclic) bond motifs is 5. The highest BCUT2D eigenvalue weighted by atomic mass is 16.6. The molecule has 150 valence electrons. The summed E-state index contributed by atoms with van der Waals surface area (Å²) in [6.07, 6.45) is 5.97. The van der Waals surface area contributed by atoms with Gasteiger partial charge in [-0.3, -0.25) is 14.9 Å². The Hall–Kier alpha value is -2.44. The maximum Gasteiger partial charge on any atom is 0.311 e. The number of ether oxygens (including phenoxy) is 1. The van der Waals surface area contributed by atoms with Crippen LogP contribution in [0.25, 0.3) is 0 Å². The minimum Gasteiger partial charge on any atom is -0.419 e. The average molecular weight is 386 g/mol. The Morgan fingerprint density at radius 2 is 2.07 bits per heavy atom. The van der Waals surface area contributed by atoms with E-state index in [9.17, 15) is 14.9 Å². The number of benzene rings is 1. The van der Waals surface area contributed by atoms with Crippen molar-refractivity contribution in [1.82, 2.24) is 0 Å². The quantitative estimate of drug-likeness (QED) is 0.333. The van der Waals surface area contributed by atoms with Gasteiger partial charge in [0.2, 0.25) is 5.75 Å². The Morgan fingerprint density at radius 3 is 2.75 bits per heavy atom. The summed E-state index contributed by atoms with van der Waals surface area (Å²) in [5.74, 6) is 0.857. The first-order valence-electron chi connectivity index (χ1n) is 9.95. The first-order chi connectivity index (χ1) is 13.3. The molecule has 0 amide bonds. The standard InChI is InChI=1S/C21H26N2O5/c1-12(24)28-19-10-13-4-5-15-14(16(13)11-18(19)23(25)26)8-9-21(2)17(15)6-7-20(21)22-27-3/h10-11,14-15,17H,4-9H2,1-3H3/b22-20-. The molecule has 0 bridgehead atoms. The molecule has 0 N–H and O–H groups in total. The van der Waals surface area contributed by atoms with Gasteiger partial charge in [-0.25, -0.2) is 0 Å². The third-order valence-corrected chi connectivity index (χ3v) is 7.20. The second kappa shape index (κ2) is 6.87. The van der Waals surface area contributed by atoms with Crippen molar-refractivity contribution in [2.45, 2.75) is 58.3 Å². The van der Waals surface area contributed by atoms with Gasteiger partial charge in [-0.1, -0.05) is 12.1 Å². The molecule has 0 aromatic heterocycles. The normalized spacial score (nSPS) is 32.2. The third-order valence-electron chi connectivity index (χ3n) is 7.20. The highest BCUT2D eigenvalue weighted by Gasteiger charge is 2.54. The fourth-order valence-electron chi connectivity index (χ4n) is 6.01. The maximum atomic E-state index is 11.6. The summed E-state index contributed by atoms with van der Waals surface area (Å²) in [6, 6.07) is 3.37. The highest BCUT2D eigenvalue weighted by Crippen LogP contribution is 2.60. The van der Waals surface area contributed by atoms with Crippen LogP contribution in [0.2, 0.25) is 0 Å². The van der Waals surface area contributed by atoms with E-state index in [-0.39, 0.29) is 16.9 Å². The van der Waals surface area contributed by atoms with Crippen molar-refractivity contribution in [2.24, 2.45) is 22.4 Å². The van der Waals surface area contributed by atoms with Crippen LogP contribution in [0.1, 0.15) is 63.0 Å². The van der Waals surface area contributed by atoms with E-state index in [1.807, 2.05) is 0 Å². The van der Waals surface area contributed by atoms with Crippen LogP contribution in [-0.4, -0.2) is 23.7 Å². The molecule has 7 nitrogen and oxygen atoms in total. The molecular formula is C21H26N2O5. The van der Waals surface area contributed by atoms with Gasteiger partial charge in [-0.15, -0.1) is 0 Å². The minimum atomic E-state index is -0.541. The fourth-order valence-corrected chi connectivity index (χ4v) is 6.01. The van der Waals surface area contributed by atoms with Crippen LogP contribution in [0.4, 0.5) is 5.69 Å². The van der Waals surface area contributed by atoms with Gasteiger partial charge in [0.15, 0.2) is 0 Å². The molecule has 0 radical (unpaired) electrons. The fraction of sp³-hybridized carbons (Fsp3) is 0.619. The molecule has 0 heterocycles. The van der Waals surface area contributed by atoms with Crippen molar-refractivity contribution < 1.29 is 19.3 Å². The number of hydrogen-bond acceptors (Lipinski definition) is 6. The van der Waals surface area contributed by atoms with E-state index in [1.165, 1.54) is 12.6 Å². The lowest BCUT2D eigenvalue weighted by Gasteiger charge is -2.48. The summed E-state index contributed by atoms with van der Waals surface area (Å²) in [6.45, 7) is 3.57. The zero-order valence-corrected chi connectivity index (χ0v) is 16.6. The van der Waals surface area contributed by atoms with Gasteiger partial charge < -0.3 is 9.57 Å². The van der Waals surface area contributed by atoms with Gasteiger partial charge in [0.05, 0.1) is 10.6 Å². The number of oxime groups is 1. The first kappa shape index (κ1) is 18.9. The highest BCUT2D eigenvalue weighted by molar-refractivity contribution is 5.92. The van der Waals surface area contributed by atoms with Crippen molar-refractivity contribution in [3.63, 3.8) is 0 Å². The molecule has 28 heavy (non-hydrogen) atoms. The van der Waals surface area contributed by atoms with Crippen molar-refractivity contribution in [3.8, 4) is 5.75 Å². The zero-order chi connectivity index (χ0) is 20.1. The van der Waals surface area contributed by atoms with Crippen LogP contribution in [0, 0.1) is 27.4 Å². The molecule has 3 aliphatic carbocycles. The SMILES string of the molecule is CO/N=C1/CCC2C3CCc4cc(OC(C)=O)c([N+](=O)[O-])cc4C3CCC12C. The van der Waals surface area contributed by atoms with Crippen molar-refractivity contribution in [2.75, 3.05) is 7.11 Å². The Labute approximate surface area is 164 Å². The molecule has 4 atom stereocenters. The first-order valence-corrected chi connectivity index (χ1v) is 9.95. The van der Waals surface area contributed by atoms with E-state index in [4.69, 9.17) is 9.57 Å². The average Bonchev–Trinajstić information content (AvgIpc) is 2.97. The van der Waals surface area contributed by atoms with Crippen molar-refractivity contribution >= 4 is 17.4 Å². The molecule has 3 aliphatic rings. The molecule has 1 aromatic rings. The molecule has 1 aromatic carbocycles. The third kappa shape index (κ3) is 2.88. The van der Waals surface area contributed by atoms with Gasteiger partial charge in [0.1, 0.15) is 7.11 Å². The molecule has 0 spiro atoms. The van der Waals surface area contributed by atoms with Crippen LogP contribution in [0.3, 0.4) is 0 Å². The number of nitrogens with zero attached hydrogens (tertiary/aromatic N) is 2. The van der Waals surface area contributed by atoms with E-state index < -0.39 is 10.9 Å². The summed E-state index contributed by atoms with van der Waals surface area (Å²) in [7, 11) is 1.60. The minimum absolute atomic E-state index is 0.0609. The van der Waals surface area contributed by atoms with Gasteiger partial charge >= 0.3 is 11.7 Å². The molecule has 7 heteroatoms. The van der Waals surface area contributed by atoms with E-state index in [0.29, 0.717) is 17.8 Å². The molecule has 2 fully saturated rings. The lowest BCUT2D eigenvalue weighted by Crippen LogP contribution is -2.42. The van der Waals surface area contributed by atoms with E-state index in [2.05, 4.69) is 12.1 Å². The lowest BCUT2D eigenvalue weighted by molar-refractivity contribution is -0.385. The Kier molecular flexibility index (Phi) is 4.63. The Morgan fingerprint density at radius 1 is 1.29 bits per heavy atom. The predicted molar refractivity (Wildman–Crippen MR) is 103 cm³/mol. The van der Waals surface area contributed by atoms with Gasteiger partial charge in [0, 0.05) is 18.4 Å². The summed E-state index contributed by atoms with van der Waals surface area (Å²) in [5.41, 5.74) is 3.27. The molecule has 4 rings (SSSR count). The topological polar surface area (TPSA) is 91.0 Å². The Bertz CT molecular complexity index is 865. The smallest absolute Gasteiger partial charge is 0.311 e. The number of hydrogen-bond donors (Lipinski definition) is 0. The molecule has 4 unspecified atom stereocenters.